The van der Waals surface area contributed by atoms with E-state index in [2.05, 4.69) is 18.1 Å². The second-order valence-corrected chi connectivity index (χ2v) is 11.5. The molecule has 3 aliphatic carbocycles. The number of phenolic OH excluding ortho intramolecular Hbond substituents is 1. The lowest BCUT2D eigenvalue weighted by Crippen LogP contribution is -2.42. The van der Waals surface area contributed by atoms with Crippen LogP contribution in [0, 0.1) is 28.9 Å². The fourth-order valence-corrected chi connectivity index (χ4v) is 7.43. The summed E-state index contributed by atoms with van der Waals surface area (Å²) in [5.74, 6) is 1.36. The SMILES string of the molecule is COc1ccc(C=NN=C2CC[C@@H]3[C@@H]4CCc5cc(O)ccc5[C@@H]4CC[C@@]23C)cc1COc1ccc(F)cc1F. The van der Waals surface area contributed by atoms with Crippen LogP contribution in [0.2, 0.25) is 0 Å². The standard InChI is InChI=1S/C33H34F2N2O3/c1-33-14-13-26-25-8-6-24(38)16-21(25)4-7-27(26)28(33)9-12-32(33)37-36-18-20-3-10-30(39-2)22(15-20)19-40-31-11-5-23(34)17-29(31)35/h3,5-6,8,10-11,15-18,26-28,38H,4,7,9,12-14,19H2,1-2H3/t26-,27+,28+,33+/m0/s1. The average molecular weight is 545 g/mol. The van der Waals surface area contributed by atoms with Crippen LogP contribution in [0.25, 0.3) is 0 Å². The number of aromatic hydroxyl groups is 1. The van der Waals surface area contributed by atoms with Gasteiger partial charge in [-0.05, 0) is 115 Å². The number of hydrogen-bond acceptors (Lipinski definition) is 5. The molecule has 0 amide bonds. The van der Waals surface area contributed by atoms with E-state index in [1.54, 1.807) is 13.3 Å². The van der Waals surface area contributed by atoms with Gasteiger partial charge < -0.3 is 14.6 Å². The minimum atomic E-state index is -0.748. The highest BCUT2D eigenvalue weighted by atomic mass is 19.1. The van der Waals surface area contributed by atoms with Crippen LogP contribution in [0.4, 0.5) is 8.78 Å². The first kappa shape index (κ1) is 26.5. The first-order chi connectivity index (χ1) is 19.4. The Labute approximate surface area is 233 Å². The largest absolute Gasteiger partial charge is 0.508 e. The molecule has 40 heavy (non-hydrogen) atoms. The number of hydrogen-bond donors (Lipinski definition) is 1. The summed E-state index contributed by atoms with van der Waals surface area (Å²) < 4.78 is 38.3. The van der Waals surface area contributed by atoms with Crippen LogP contribution in [0.5, 0.6) is 17.2 Å². The van der Waals surface area contributed by atoms with Crippen LogP contribution in [0.15, 0.2) is 64.8 Å². The Morgan fingerprint density at radius 2 is 1.85 bits per heavy atom. The number of ether oxygens (including phenoxy) is 2. The van der Waals surface area contributed by atoms with Crippen molar-refractivity contribution in [1.29, 1.82) is 0 Å². The maximum Gasteiger partial charge on any atom is 0.167 e. The van der Waals surface area contributed by atoms with Crippen molar-refractivity contribution < 1.29 is 23.4 Å². The molecule has 2 saturated carbocycles. The molecule has 4 atom stereocenters. The summed E-state index contributed by atoms with van der Waals surface area (Å²) in [7, 11) is 1.57. The first-order valence-corrected chi connectivity index (χ1v) is 14.0. The summed E-state index contributed by atoms with van der Waals surface area (Å²) >= 11 is 0. The lowest BCUT2D eigenvalue weighted by Gasteiger charge is -2.49. The summed E-state index contributed by atoms with van der Waals surface area (Å²) in [5, 5.41) is 19.2. The van der Waals surface area contributed by atoms with Crippen LogP contribution in [0.3, 0.4) is 0 Å². The van der Waals surface area contributed by atoms with Gasteiger partial charge in [-0.3, -0.25) is 0 Å². The van der Waals surface area contributed by atoms with Crippen molar-refractivity contribution in [3.63, 3.8) is 0 Å². The Morgan fingerprint density at radius 1 is 1.00 bits per heavy atom. The maximum atomic E-state index is 14.0. The molecule has 6 rings (SSSR count). The normalized spacial score (nSPS) is 26.4. The van der Waals surface area contributed by atoms with Gasteiger partial charge in [-0.25, -0.2) is 8.78 Å². The van der Waals surface area contributed by atoms with Crippen LogP contribution in [-0.2, 0) is 13.0 Å². The number of aryl methyl sites for hydroxylation is 1. The summed E-state index contributed by atoms with van der Waals surface area (Å²) in [4.78, 5) is 0. The zero-order chi connectivity index (χ0) is 27.9. The fourth-order valence-electron chi connectivity index (χ4n) is 7.43. The van der Waals surface area contributed by atoms with Crippen molar-refractivity contribution in [2.75, 3.05) is 7.11 Å². The smallest absolute Gasteiger partial charge is 0.167 e. The number of methoxy groups -OCH3 is 1. The second kappa shape index (κ2) is 10.7. The summed E-state index contributed by atoms with van der Waals surface area (Å²) in [6, 6.07) is 14.8. The quantitative estimate of drug-likeness (QED) is 0.257. The lowest BCUT2D eigenvalue weighted by molar-refractivity contribution is 0.0955. The lowest BCUT2D eigenvalue weighted by atomic mass is 9.55. The third-order valence-corrected chi connectivity index (χ3v) is 9.42. The van der Waals surface area contributed by atoms with Crippen molar-refractivity contribution in [1.82, 2.24) is 0 Å². The predicted octanol–water partition coefficient (Wildman–Crippen LogP) is 7.59. The monoisotopic (exact) mass is 544 g/mol. The molecular formula is C33H34F2N2O3. The van der Waals surface area contributed by atoms with Crippen LogP contribution in [-0.4, -0.2) is 24.1 Å². The van der Waals surface area contributed by atoms with Gasteiger partial charge in [0.1, 0.15) is 23.9 Å². The van der Waals surface area contributed by atoms with E-state index in [-0.39, 0.29) is 17.8 Å². The summed E-state index contributed by atoms with van der Waals surface area (Å²) in [6.07, 6.45) is 8.26. The Kier molecular flexibility index (Phi) is 7.07. The van der Waals surface area contributed by atoms with Gasteiger partial charge in [-0.15, -0.1) is 0 Å². The third kappa shape index (κ3) is 4.87. The molecule has 208 valence electrons. The van der Waals surface area contributed by atoms with Gasteiger partial charge in [0.2, 0.25) is 0 Å². The molecule has 2 fully saturated rings. The molecule has 3 aromatic rings. The molecule has 0 aromatic heterocycles. The van der Waals surface area contributed by atoms with Gasteiger partial charge in [0.05, 0.1) is 13.3 Å². The third-order valence-electron chi connectivity index (χ3n) is 9.42. The molecule has 0 heterocycles. The summed E-state index contributed by atoms with van der Waals surface area (Å²) in [5.41, 5.74) is 5.55. The Morgan fingerprint density at radius 3 is 2.67 bits per heavy atom. The van der Waals surface area contributed by atoms with Gasteiger partial charge >= 0.3 is 0 Å². The van der Waals surface area contributed by atoms with E-state index in [9.17, 15) is 13.9 Å². The van der Waals surface area contributed by atoms with Crippen LogP contribution in [0.1, 0.15) is 67.2 Å². The Hall–Kier alpha value is -3.74. The maximum absolute atomic E-state index is 14.0. The predicted molar refractivity (Wildman–Crippen MR) is 151 cm³/mol. The molecule has 3 aliphatic rings. The number of rotatable bonds is 6. The molecule has 0 radical (unpaired) electrons. The molecule has 5 nitrogen and oxygen atoms in total. The molecule has 7 heteroatoms. The van der Waals surface area contributed by atoms with E-state index in [4.69, 9.17) is 14.6 Å². The highest BCUT2D eigenvalue weighted by molar-refractivity contribution is 5.93. The van der Waals surface area contributed by atoms with E-state index < -0.39 is 11.6 Å². The molecule has 0 bridgehead atoms. The highest BCUT2D eigenvalue weighted by Crippen LogP contribution is 2.60. The van der Waals surface area contributed by atoms with Gasteiger partial charge in [-0.1, -0.05) is 13.0 Å². The fraction of sp³-hybridized carbons (Fsp3) is 0.394. The van der Waals surface area contributed by atoms with E-state index in [0.717, 1.165) is 61.8 Å². The van der Waals surface area contributed by atoms with Crippen LogP contribution < -0.4 is 9.47 Å². The van der Waals surface area contributed by atoms with Gasteiger partial charge in [-0.2, -0.15) is 10.2 Å². The molecule has 0 unspecified atom stereocenters. The Balaban J connectivity index is 1.17. The van der Waals surface area contributed by atoms with Crippen molar-refractivity contribution >= 4 is 11.9 Å². The topological polar surface area (TPSA) is 63.4 Å². The molecule has 3 aromatic carbocycles. The number of fused-ring (bicyclic) bond motifs is 5. The zero-order valence-corrected chi connectivity index (χ0v) is 22.9. The number of halogens is 2. The van der Waals surface area contributed by atoms with Crippen LogP contribution >= 0.6 is 0 Å². The van der Waals surface area contributed by atoms with Crippen molar-refractivity contribution in [3.8, 4) is 17.2 Å². The van der Waals surface area contributed by atoms with Crippen molar-refractivity contribution in [3.05, 3.63) is 88.5 Å². The van der Waals surface area contributed by atoms with Gasteiger partial charge in [0, 0.05) is 22.8 Å². The second-order valence-electron chi connectivity index (χ2n) is 11.5. The number of benzene rings is 3. The minimum absolute atomic E-state index is 0.0210. The van der Waals surface area contributed by atoms with E-state index in [1.165, 1.54) is 22.9 Å². The molecule has 0 spiro atoms. The molecule has 0 aliphatic heterocycles. The molecular weight excluding hydrogens is 510 g/mol. The summed E-state index contributed by atoms with van der Waals surface area (Å²) in [6.45, 7) is 2.44. The number of nitrogens with zero attached hydrogens (tertiary/aromatic N) is 2. The van der Waals surface area contributed by atoms with E-state index in [0.29, 0.717) is 29.3 Å². The zero-order valence-electron chi connectivity index (χ0n) is 22.9. The van der Waals surface area contributed by atoms with E-state index in [1.807, 2.05) is 30.3 Å². The van der Waals surface area contributed by atoms with Gasteiger partial charge in [0.25, 0.3) is 0 Å². The number of phenols is 1. The van der Waals surface area contributed by atoms with Gasteiger partial charge in [0.15, 0.2) is 11.6 Å². The van der Waals surface area contributed by atoms with Crippen molar-refractivity contribution in [2.45, 2.75) is 58.0 Å². The van der Waals surface area contributed by atoms with E-state index >= 15 is 0 Å². The minimum Gasteiger partial charge on any atom is -0.508 e. The first-order valence-electron chi connectivity index (χ1n) is 14.0. The van der Waals surface area contributed by atoms with Crippen molar-refractivity contribution in [2.24, 2.45) is 27.5 Å². The average Bonchev–Trinajstić information content (AvgIpc) is 3.28. The Bertz CT molecular complexity index is 1490. The molecule has 1 N–H and O–H groups in total. The highest BCUT2D eigenvalue weighted by Gasteiger charge is 2.53. The molecule has 0 saturated heterocycles.